The standard InChI is InChI=1S/C13H10BrNO2S2/c1-2-5-15-12(17)11(19-13(15)18)7-8-6-9(14)3-4-10(8)16/h2-4,6-7,16H,1,5H2/b11-7+. The molecule has 0 radical (unpaired) electrons. The van der Waals surface area contributed by atoms with E-state index in [1.54, 1.807) is 30.4 Å². The molecule has 1 saturated heterocycles. The Labute approximate surface area is 129 Å². The third kappa shape index (κ3) is 3.08. The van der Waals surface area contributed by atoms with Crippen molar-refractivity contribution >= 4 is 56.2 Å². The summed E-state index contributed by atoms with van der Waals surface area (Å²) in [6, 6.07) is 5.05. The predicted molar refractivity (Wildman–Crippen MR) is 85.9 cm³/mol. The molecular weight excluding hydrogens is 346 g/mol. The van der Waals surface area contributed by atoms with Gasteiger partial charge in [0.15, 0.2) is 0 Å². The van der Waals surface area contributed by atoms with E-state index in [1.165, 1.54) is 16.7 Å². The molecule has 19 heavy (non-hydrogen) atoms. The second kappa shape index (κ2) is 5.90. The monoisotopic (exact) mass is 355 g/mol. The third-order valence-electron chi connectivity index (χ3n) is 2.46. The first kappa shape index (κ1) is 14.3. The summed E-state index contributed by atoms with van der Waals surface area (Å²) in [6.45, 7) is 3.99. The molecule has 1 N–H and O–H groups in total. The van der Waals surface area contributed by atoms with Gasteiger partial charge >= 0.3 is 0 Å². The van der Waals surface area contributed by atoms with Crippen LogP contribution in [0.15, 0.2) is 40.2 Å². The maximum absolute atomic E-state index is 12.1. The van der Waals surface area contributed by atoms with Crippen LogP contribution >= 0.6 is 39.9 Å². The highest BCUT2D eigenvalue weighted by Crippen LogP contribution is 2.34. The SMILES string of the molecule is C=CCN1C(=O)/C(=C\c2cc(Br)ccc2O)SC1=S. The number of rotatable bonds is 3. The fourth-order valence-electron chi connectivity index (χ4n) is 1.57. The molecule has 6 heteroatoms. The molecule has 0 unspecified atom stereocenters. The lowest BCUT2D eigenvalue weighted by molar-refractivity contribution is -0.121. The van der Waals surface area contributed by atoms with E-state index in [1.807, 2.05) is 0 Å². The zero-order valence-corrected chi connectivity index (χ0v) is 13.0. The van der Waals surface area contributed by atoms with Gasteiger partial charge in [0, 0.05) is 16.6 Å². The Balaban J connectivity index is 2.34. The highest BCUT2D eigenvalue weighted by atomic mass is 79.9. The molecule has 2 rings (SSSR count). The smallest absolute Gasteiger partial charge is 0.266 e. The van der Waals surface area contributed by atoms with Crippen molar-refractivity contribution < 1.29 is 9.90 Å². The molecule has 0 saturated carbocycles. The van der Waals surface area contributed by atoms with Gasteiger partial charge in [-0.2, -0.15) is 0 Å². The summed E-state index contributed by atoms with van der Waals surface area (Å²) in [4.78, 5) is 14.1. The van der Waals surface area contributed by atoms with Crippen LogP contribution in [0.2, 0.25) is 0 Å². The number of halogens is 1. The Morgan fingerprint density at radius 1 is 1.53 bits per heavy atom. The molecule has 3 nitrogen and oxygen atoms in total. The summed E-state index contributed by atoms with van der Waals surface area (Å²) in [5.74, 6) is -0.0357. The minimum Gasteiger partial charge on any atom is -0.507 e. The molecular formula is C13H10BrNO2S2. The quantitative estimate of drug-likeness (QED) is 0.511. The highest BCUT2D eigenvalue weighted by Gasteiger charge is 2.31. The molecule has 0 atom stereocenters. The summed E-state index contributed by atoms with van der Waals surface area (Å²) < 4.78 is 1.34. The average molecular weight is 356 g/mol. The van der Waals surface area contributed by atoms with Gasteiger partial charge in [-0.15, -0.1) is 6.58 Å². The number of thioether (sulfide) groups is 1. The number of nitrogens with zero attached hydrogens (tertiary/aromatic N) is 1. The number of amides is 1. The maximum Gasteiger partial charge on any atom is 0.266 e. The van der Waals surface area contributed by atoms with Crippen molar-refractivity contribution in [3.05, 3.63) is 45.8 Å². The number of hydrogen-bond acceptors (Lipinski definition) is 4. The van der Waals surface area contributed by atoms with Gasteiger partial charge in [-0.3, -0.25) is 9.69 Å². The first-order chi connectivity index (χ1) is 9.02. The predicted octanol–water partition coefficient (Wildman–Crippen LogP) is 3.54. The lowest BCUT2D eigenvalue weighted by Crippen LogP contribution is -2.27. The van der Waals surface area contributed by atoms with E-state index >= 15 is 0 Å². The zero-order valence-electron chi connectivity index (χ0n) is 9.80. The van der Waals surface area contributed by atoms with Gasteiger partial charge in [-0.1, -0.05) is 46.0 Å². The molecule has 1 aliphatic heterocycles. The molecule has 1 heterocycles. The van der Waals surface area contributed by atoms with E-state index in [0.717, 1.165) is 4.47 Å². The summed E-state index contributed by atoms with van der Waals surface area (Å²) in [7, 11) is 0. The van der Waals surface area contributed by atoms with E-state index in [0.29, 0.717) is 21.3 Å². The molecule has 1 aromatic carbocycles. The Morgan fingerprint density at radius 2 is 2.26 bits per heavy atom. The lowest BCUT2D eigenvalue weighted by atomic mass is 10.2. The van der Waals surface area contributed by atoms with Crippen LogP contribution in [0.5, 0.6) is 5.75 Å². The zero-order chi connectivity index (χ0) is 14.0. The number of phenolic OH excluding ortho intramolecular Hbond substituents is 1. The van der Waals surface area contributed by atoms with Gasteiger partial charge in [0.05, 0.1) is 4.91 Å². The maximum atomic E-state index is 12.1. The van der Waals surface area contributed by atoms with Crippen LogP contribution in [-0.4, -0.2) is 26.8 Å². The first-order valence-electron chi connectivity index (χ1n) is 5.37. The topological polar surface area (TPSA) is 40.5 Å². The molecule has 1 aliphatic rings. The average Bonchev–Trinajstić information content (AvgIpc) is 2.62. The molecule has 1 fully saturated rings. The molecule has 0 aliphatic carbocycles. The van der Waals surface area contributed by atoms with Crippen LogP contribution in [0.3, 0.4) is 0 Å². The molecule has 98 valence electrons. The number of carbonyl (C=O) groups is 1. The van der Waals surface area contributed by atoms with Gasteiger partial charge in [0.25, 0.3) is 5.91 Å². The summed E-state index contributed by atoms with van der Waals surface area (Å²) in [5, 5.41) is 9.77. The van der Waals surface area contributed by atoms with Crippen molar-refractivity contribution in [3.8, 4) is 5.75 Å². The van der Waals surface area contributed by atoms with E-state index in [-0.39, 0.29) is 11.7 Å². The molecule has 1 aromatic rings. The Morgan fingerprint density at radius 3 is 2.95 bits per heavy atom. The third-order valence-corrected chi connectivity index (χ3v) is 4.33. The van der Waals surface area contributed by atoms with Crippen LogP contribution < -0.4 is 0 Å². The van der Waals surface area contributed by atoms with Gasteiger partial charge in [-0.25, -0.2) is 0 Å². The van der Waals surface area contributed by atoms with Crippen molar-refractivity contribution in [2.45, 2.75) is 0 Å². The van der Waals surface area contributed by atoms with Crippen molar-refractivity contribution in [2.24, 2.45) is 0 Å². The Kier molecular flexibility index (Phi) is 4.44. The minimum absolute atomic E-state index is 0.122. The summed E-state index contributed by atoms with van der Waals surface area (Å²) >= 11 is 9.70. The summed E-state index contributed by atoms with van der Waals surface area (Å²) in [6.07, 6.45) is 3.27. The highest BCUT2D eigenvalue weighted by molar-refractivity contribution is 9.10. The van der Waals surface area contributed by atoms with Crippen molar-refractivity contribution in [2.75, 3.05) is 6.54 Å². The van der Waals surface area contributed by atoms with Gasteiger partial charge < -0.3 is 5.11 Å². The second-order valence-corrected chi connectivity index (χ2v) is 6.38. The van der Waals surface area contributed by atoms with Crippen LogP contribution in [-0.2, 0) is 4.79 Å². The van der Waals surface area contributed by atoms with Crippen LogP contribution in [0.4, 0.5) is 0 Å². The van der Waals surface area contributed by atoms with E-state index in [2.05, 4.69) is 22.5 Å². The largest absolute Gasteiger partial charge is 0.507 e. The molecule has 0 bridgehead atoms. The van der Waals surface area contributed by atoms with E-state index in [9.17, 15) is 9.90 Å². The van der Waals surface area contributed by atoms with E-state index < -0.39 is 0 Å². The minimum atomic E-state index is -0.158. The molecule has 0 aromatic heterocycles. The van der Waals surface area contributed by atoms with Gasteiger partial charge in [-0.05, 0) is 24.3 Å². The number of benzene rings is 1. The fourth-order valence-corrected chi connectivity index (χ4v) is 3.21. The number of carbonyl (C=O) groups excluding carboxylic acids is 1. The Hall–Kier alpha value is -1.11. The fraction of sp³-hybridized carbons (Fsp3) is 0.0769. The number of thiocarbonyl (C=S) groups is 1. The van der Waals surface area contributed by atoms with Gasteiger partial charge in [0.1, 0.15) is 10.1 Å². The van der Waals surface area contributed by atoms with Crippen LogP contribution in [0.1, 0.15) is 5.56 Å². The normalized spacial score (nSPS) is 17.3. The second-order valence-electron chi connectivity index (χ2n) is 3.78. The lowest BCUT2D eigenvalue weighted by Gasteiger charge is -2.10. The Bertz CT molecular complexity index is 598. The number of aromatic hydroxyl groups is 1. The van der Waals surface area contributed by atoms with E-state index in [4.69, 9.17) is 12.2 Å². The van der Waals surface area contributed by atoms with Crippen LogP contribution in [0, 0.1) is 0 Å². The summed E-state index contributed by atoms with van der Waals surface area (Å²) in [5.41, 5.74) is 0.577. The van der Waals surface area contributed by atoms with Crippen molar-refractivity contribution in [1.29, 1.82) is 0 Å². The first-order valence-corrected chi connectivity index (χ1v) is 7.39. The number of phenols is 1. The molecule has 0 spiro atoms. The van der Waals surface area contributed by atoms with Crippen molar-refractivity contribution in [3.63, 3.8) is 0 Å². The van der Waals surface area contributed by atoms with Crippen LogP contribution in [0.25, 0.3) is 6.08 Å². The number of hydrogen-bond donors (Lipinski definition) is 1. The van der Waals surface area contributed by atoms with Gasteiger partial charge in [0.2, 0.25) is 0 Å². The molecule has 1 amide bonds. The van der Waals surface area contributed by atoms with Crippen molar-refractivity contribution in [1.82, 2.24) is 4.90 Å².